The zero-order valence-electron chi connectivity index (χ0n) is 9.11. The molecule has 0 N–H and O–H groups in total. The van der Waals surface area contributed by atoms with Gasteiger partial charge in [-0.25, -0.2) is 0 Å². The van der Waals surface area contributed by atoms with Crippen LogP contribution in [0.5, 0.6) is 0 Å². The number of hydrogen-bond donors (Lipinski definition) is 0. The van der Waals surface area contributed by atoms with Gasteiger partial charge in [-0.3, -0.25) is 0 Å². The highest BCUT2D eigenvalue weighted by molar-refractivity contribution is 4.92. The van der Waals surface area contributed by atoms with Gasteiger partial charge in [-0.2, -0.15) is 13.2 Å². The second kappa shape index (κ2) is 3.65. The summed E-state index contributed by atoms with van der Waals surface area (Å²) in [6.45, 7) is 4.47. The van der Waals surface area contributed by atoms with Crippen LogP contribution in [0.4, 0.5) is 13.2 Å². The first-order valence-corrected chi connectivity index (χ1v) is 5.68. The standard InChI is InChI=1S/C11H18F3N/c1-10(4-5-10)8-15-6-2-9(3-7-15)11(12,13)14/h9H,2-8H2,1H3. The predicted octanol–water partition coefficient (Wildman–Crippen LogP) is 3.06. The fourth-order valence-electron chi connectivity index (χ4n) is 2.33. The number of nitrogens with zero attached hydrogens (tertiary/aromatic N) is 1. The third-order valence-corrected chi connectivity index (χ3v) is 3.76. The normalized spacial score (nSPS) is 28.0. The second-order valence-corrected chi connectivity index (χ2v) is 5.40. The molecule has 1 saturated carbocycles. The van der Waals surface area contributed by atoms with E-state index in [0.717, 1.165) is 6.54 Å². The van der Waals surface area contributed by atoms with E-state index in [1.54, 1.807) is 0 Å². The molecule has 0 aromatic carbocycles. The van der Waals surface area contributed by atoms with Gasteiger partial charge in [0.05, 0.1) is 5.92 Å². The lowest BCUT2D eigenvalue weighted by atomic mass is 9.95. The van der Waals surface area contributed by atoms with Crippen LogP contribution in [0.15, 0.2) is 0 Å². The van der Waals surface area contributed by atoms with Crippen molar-refractivity contribution in [3.63, 3.8) is 0 Å². The summed E-state index contributed by atoms with van der Waals surface area (Å²) in [5.74, 6) is -1.05. The van der Waals surface area contributed by atoms with Crippen LogP contribution in [0.3, 0.4) is 0 Å². The largest absolute Gasteiger partial charge is 0.391 e. The van der Waals surface area contributed by atoms with E-state index in [1.165, 1.54) is 12.8 Å². The van der Waals surface area contributed by atoms with Gasteiger partial charge in [0.1, 0.15) is 0 Å². The van der Waals surface area contributed by atoms with Crippen LogP contribution in [0.2, 0.25) is 0 Å². The molecule has 0 aromatic heterocycles. The molecular weight excluding hydrogens is 203 g/mol. The fraction of sp³-hybridized carbons (Fsp3) is 1.00. The summed E-state index contributed by atoms with van der Waals surface area (Å²) in [5.41, 5.74) is 0.422. The predicted molar refractivity (Wildman–Crippen MR) is 52.6 cm³/mol. The number of alkyl halides is 3. The number of likely N-dealkylation sites (tertiary alicyclic amines) is 1. The average Bonchev–Trinajstić information content (AvgIpc) is 2.82. The molecule has 0 unspecified atom stereocenters. The SMILES string of the molecule is CC1(CN2CCC(C(F)(F)F)CC2)CC1. The van der Waals surface area contributed by atoms with Crippen molar-refractivity contribution in [2.45, 2.75) is 38.8 Å². The Morgan fingerprint density at radius 1 is 1.20 bits per heavy atom. The Morgan fingerprint density at radius 3 is 2.13 bits per heavy atom. The third-order valence-electron chi connectivity index (χ3n) is 3.76. The van der Waals surface area contributed by atoms with Crippen molar-refractivity contribution >= 4 is 0 Å². The maximum absolute atomic E-state index is 12.4. The van der Waals surface area contributed by atoms with Crippen LogP contribution in [-0.2, 0) is 0 Å². The topological polar surface area (TPSA) is 3.24 Å². The smallest absolute Gasteiger partial charge is 0.303 e. The molecule has 0 atom stereocenters. The molecule has 2 rings (SSSR count). The second-order valence-electron chi connectivity index (χ2n) is 5.40. The molecule has 0 spiro atoms. The minimum atomic E-state index is -3.98. The summed E-state index contributed by atoms with van der Waals surface area (Å²) in [5, 5.41) is 0. The summed E-state index contributed by atoms with van der Waals surface area (Å²) >= 11 is 0. The fourth-order valence-corrected chi connectivity index (χ4v) is 2.33. The van der Waals surface area contributed by atoms with Crippen LogP contribution in [-0.4, -0.2) is 30.7 Å². The molecule has 1 aliphatic carbocycles. The monoisotopic (exact) mass is 221 g/mol. The highest BCUT2D eigenvalue weighted by Gasteiger charge is 2.43. The van der Waals surface area contributed by atoms with Crippen LogP contribution < -0.4 is 0 Å². The minimum Gasteiger partial charge on any atom is -0.303 e. The third kappa shape index (κ3) is 2.86. The van der Waals surface area contributed by atoms with Gasteiger partial charge in [-0.15, -0.1) is 0 Å². The number of rotatable bonds is 2. The first-order chi connectivity index (χ1) is 6.89. The Bertz CT molecular complexity index is 224. The van der Waals surface area contributed by atoms with Crippen molar-refractivity contribution in [2.75, 3.05) is 19.6 Å². The molecule has 1 nitrogen and oxygen atoms in total. The molecule has 0 bridgehead atoms. The van der Waals surface area contributed by atoms with Crippen LogP contribution in [0.1, 0.15) is 32.6 Å². The lowest BCUT2D eigenvalue weighted by Gasteiger charge is -2.34. The Labute approximate surface area is 88.6 Å². The lowest BCUT2D eigenvalue weighted by molar-refractivity contribution is -0.185. The molecule has 2 fully saturated rings. The molecule has 4 heteroatoms. The van der Waals surface area contributed by atoms with Crippen molar-refractivity contribution in [2.24, 2.45) is 11.3 Å². The number of halogens is 3. The molecule has 1 saturated heterocycles. The van der Waals surface area contributed by atoms with Crippen molar-refractivity contribution in [1.29, 1.82) is 0 Å². The molecule has 88 valence electrons. The highest BCUT2D eigenvalue weighted by atomic mass is 19.4. The summed E-state index contributed by atoms with van der Waals surface area (Å²) in [4.78, 5) is 2.20. The van der Waals surface area contributed by atoms with Crippen LogP contribution in [0, 0.1) is 11.3 Å². The van der Waals surface area contributed by atoms with Crippen LogP contribution in [0.25, 0.3) is 0 Å². The molecule has 0 aromatic rings. The van der Waals surface area contributed by atoms with E-state index in [9.17, 15) is 13.2 Å². The first-order valence-electron chi connectivity index (χ1n) is 5.68. The molecule has 15 heavy (non-hydrogen) atoms. The molecule has 1 aliphatic heterocycles. The van der Waals surface area contributed by atoms with Gasteiger partial charge >= 0.3 is 6.18 Å². The summed E-state index contributed by atoms with van der Waals surface area (Å²) in [6, 6.07) is 0. The summed E-state index contributed by atoms with van der Waals surface area (Å²) < 4.78 is 37.2. The van der Waals surface area contributed by atoms with E-state index in [0.29, 0.717) is 31.3 Å². The lowest BCUT2D eigenvalue weighted by Crippen LogP contribution is -2.41. The van der Waals surface area contributed by atoms with E-state index in [2.05, 4.69) is 11.8 Å². The van der Waals surface area contributed by atoms with E-state index in [4.69, 9.17) is 0 Å². The summed E-state index contributed by atoms with van der Waals surface area (Å²) in [6.07, 6.45) is -0.910. The van der Waals surface area contributed by atoms with E-state index in [1.807, 2.05) is 0 Å². The molecule has 0 amide bonds. The molecule has 2 aliphatic rings. The van der Waals surface area contributed by atoms with Gasteiger partial charge in [0.25, 0.3) is 0 Å². The van der Waals surface area contributed by atoms with Gasteiger partial charge in [0.2, 0.25) is 0 Å². The maximum atomic E-state index is 12.4. The Morgan fingerprint density at radius 2 is 1.73 bits per heavy atom. The van der Waals surface area contributed by atoms with Gasteiger partial charge in [0.15, 0.2) is 0 Å². The highest BCUT2D eigenvalue weighted by Crippen LogP contribution is 2.46. The van der Waals surface area contributed by atoms with Crippen molar-refractivity contribution < 1.29 is 13.2 Å². The van der Waals surface area contributed by atoms with Crippen LogP contribution >= 0.6 is 0 Å². The molecule has 0 radical (unpaired) electrons. The quantitative estimate of drug-likeness (QED) is 0.692. The van der Waals surface area contributed by atoms with Crippen molar-refractivity contribution in [1.82, 2.24) is 4.90 Å². The summed E-state index contributed by atoms with van der Waals surface area (Å²) in [7, 11) is 0. The van der Waals surface area contributed by atoms with Gasteiger partial charge < -0.3 is 4.90 Å². The zero-order valence-corrected chi connectivity index (χ0v) is 9.11. The minimum absolute atomic E-state index is 0.291. The zero-order chi connectivity index (χ0) is 11.1. The van der Waals surface area contributed by atoms with Crippen molar-refractivity contribution in [3.05, 3.63) is 0 Å². The van der Waals surface area contributed by atoms with E-state index < -0.39 is 12.1 Å². The van der Waals surface area contributed by atoms with E-state index in [-0.39, 0.29) is 0 Å². The molecule has 1 heterocycles. The number of piperidine rings is 1. The maximum Gasteiger partial charge on any atom is 0.391 e. The van der Waals surface area contributed by atoms with Gasteiger partial charge in [0, 0.05) is 6.54 Å². The molecular formula is C11H18F3N. The van der Waals surface area contributed by atoms with Gasteiger partial charge in [-0.05, 0) is 44.2 Å². The Kier molecular flexibility index (Phi) is 2.73. The van der Waals surface area contributed by atoms with Crippen molar-refractivity contribution in [3.8, 4) is 0 Å². The number of hydrogen-bond acceptors (Lipinski definition) is 1. The Hall–Kier alpha value is -0.250. The van der Waals surface area contributed by atoms with Gasteiger partial charge in [-0.1, -0.05) is 6.92 Å². The van der Waals surface area contributed by atoms with E-state index >= 15 is 0 Å². The Balaban J connectivity index is 1.77. The first kappa shape index (κ1) is 11.2. The average molecular weight is 221 g/mol.